The minimum absolute atomic E-state index is 0.00182. The highest BCUT2D eigenvalue weighted by Crippen LogP contribution is 2.13. The van der Waals surface area contributed by atoms with Crippen molar-refractivity contribution < 1.29 is 9.21 Å². The maximum atomic E-state index is 11.8. The third kappa shape index (κ3) is 2.91. The first-order valence-corrected chi connectivity index (χ1v) is 5.73. The number of nitrogens with one attached hydrogen (secondary N) is 1. The fourth-order valence-electron chi connectivity index (χ4n) is 1.62. The number of furan rings is 1. The van der Waals surface area contributed by atoms with E-state index in [2.05, 4.69) is 5.32 Å². The minimum atomic E-state index is 0.00182. The molecule has 0 atom stereocenters. The molecule has 1 N–H and O–H groups in total. The lowest BCUT2D eigenvalue weighted by Gasteiger charge is -2.11. The number of hydrogen-bond donors (Lipinski definition) is 1. The van der Waals surface area contributed by atoms with Gasteiger partial charge in [0.15, 0.2) is 0 Å². The predicted octanol–water partition coefficient (Wildman–Crippen LogP) is 2.59. The molecule has 4 heteroatoms. The Balaban J connectivity index is 2.05. The van der Waals surface area contributed by atoms with Gasteiger partial charge in [-0.15, -0.1) is 0 Å². The summed E-state index contributed by atoms with van der Waals surface area (Å²) in [6.45, 7) is 0.677. The molecule has 4 nitrogen and oxygen atoms in total. The molecule has 2 rings (SSSR count). The fraction of sp³-hybridized carbons (Fsp3) is 0.214. The third-order valence-electron chi connectivity index (χ3n) is 2.59. The molecule has 0 fully saturated rings. The quantitative estimate of drug-likeness (QED) is 0.899. The molecule has 0 saturated carbocycles. The summed E-state index contributed by atoms with van der Waals surface area (Å²) in [5.74, 6) is 0.00182. The van der Waals surface area contributed by atoms with Gasteiger partial charge in [0.05, 0.1) is 12.5 Å². The van der Waals surface area contributed by atoms with Gasteiger partial charge in [-0.05, 0) is 24.3 Å². The number of carbonyl (C=O) groups is 1. The van der Waals surface area contributed by atoms with E-state index in [1.807, 2.05) is 30.3 Å². The largest absolute Gasteiger partial charge is 0.472 e. The Bertz CT molecular complexity index is 518. The van der Waals surface area contributed by atoms with Gasteiger partial charge in [-0.2, -0.15) is 0 Å². The zero-order valence-electron chi connectivity index (χ0n) is 10.5. The van der Waals surface area contributed by atoms with Crippen LogP contribution in [0, 0.1) is 0 Å². The molecule has 0 unspecified atom stereocenters. The number of rotatable bonds is 4. The van der Waals surface area contributed by atoms with Crippen LogP contribution in [0.1, 0.15) is 15.9 Å². The van der Waals surface area contributed by atoms with Crippen molar-refractivity contribution in [2.24, 2.45) is 0 Å². The summed E-state index contributed by atoms with van der Waals surface area (Å²) in [5, 5.41) is 3.25. The van der Waals surface area contributed by atoms with Crippen molar-refractivity contribution in [3.05, 3.63) is 54.0 Å². The summed E-state index contributed by atoms with van der Waals surface area (Å²) < 4.78 is 5.00. The predicted molar refractivity (Wildman–Crippen MR) is 70.5 cm³/mol. The molecule has 0 aliphatic rings. The summed E-state index contributed by atoms with van der Waals surface area (Å²) in [7, 11) is 3.49. The Morgan fingerprint density at radius 3 is 2.83 bits per heavy atom. The lowest BCUT2D eigenvalue weighted by Crippen LogP contribution is -2.21. The zero-order valence-corrected chi connectivity index (χ0v) is 10.5. The van der Waals surface area contributed by atoms with Crippen molar-refractivity contribution in [3.63, 3.8) is 0 Å². The van der Waals surface area contributed by atoms with Crippen LogP contribution in [0.15, 0.2) is 47.3 Å². The number of benzene rings is 1. The molecule has 1 amide bonds. The van der Waals surface area contributed by atoms with E-state index in [4.69, 9.17) is 4.42 Å². The highest BCUT2D eigenvalue weighted by molar-refractivity contribution is 5.94. The van der Waals surface area contributed by atoms with E-state index in [1.54, 1.807) is 31.5 Å². The first kappa shape index (κ1) is 12.2. The average Bonchev–Trinajstić information content (AvgIpc) is 2.89. The van der Waals surface area contributed by atoms with Crippen molar-refractivity contribution in [2.45, 2.75) is 6.54 Å². The Morgan fingerprint density at radius 1 is 1.33 bits per heavy atom. The van der Waals surface area contributed by atoms with Crippen LogP contribution in [-0.2, 0) is 6.54 Å². The van der Waals surface area contributed by atoms with Crippen LogP contribution < -0.4 is 5.32 Å². The van der Waals surface area contributed by atoms with Gasteiger partial charge in [-0.3, -0.25) is 4.79 Å². The summed E-state index contributed by atoms with van der Waals surface area (Å²) in [4.78, 5) is 13.4. The average molecular weight is 244 g/mol. The van der Waals surface area contributed by atoms with E-state index in [1.165, 1.54) is 0 Å². The molecule has 18 heavy (non-hydrogen) atoms. The second-order valence-corrected chi connectivity index (χ2v) is 4.27. The first-order chi connectivity index (χ1) is 8.66. The SMILES string of the molecule is CN(C)C(=O)c1cccc(NCc2ccoc2)c1. The number of anilines is 1. The van der Waals surface area contributed by atoms with Gasteiger partial charge in [0.25, 0.3) is 5.91 Å². The maximum Gasteiger partial charge on any atom is 0.253 e. The maximum absolute atomic E-state index is 11.8. The lowest BCUT2D eigenvalue weighted by molar-refractivity contribution is 0.0827. The molecule has 1 heterocycles. The second-order valence-electron chi connectivity index (χ2n) is 4.27. The van der Waals surface area contributed by atoms with Crippen LogP contribution in [0.25, 0.3) is 0 Å². The van der Waals surface area contributed by atoms with Crippen LogP contribution >= 0.6 is 0 Å². The molecule has 0 saturated heterocycles. The van der Waals surface area contributed by atoms with Crippen LogP contribution in [0.2, 0.25) is 0 Å². The van der Waals surface area contributed by atoms with Gasteiger partial charge in [-0.1, -0.05) is 6.07 Å². The van der Waals surface area contributed by atoms with Gasteiger partial charge in [-0.25, -0.2) is 0 Å². The Kier molecular flexibility index (Phi) is 3.67. The molecular weight excluding hydrogens is 228 g/mol. The van der Waals surface area contributed by atoms with E-state index in [-0.39, 0.29) is 5.91 Å². The molecule has 0 aliphatic carbocycles. The fourth-order valence-corrected chi connectivity index (χ4v) is 1.62. The first-order valence-electron chi connectivity index (χ1n) is 5.73. The molecule has 0 spiro atoms. The topological polar surface area (TPSA) is 45.5 Å². The molecule has 0 aliphatic heterocycles. The molecule has 0 radical (unpaired) electrons. The van der Waals surface area contributed by atoms with E-state index < -0.39 is 0 Å². The van der Waals surface area contributed by atoms with Gasteiger partial charge in [0.1, 0.15) is 0 Å². The molecule has 2 aromatic rings. The van der Waals surface area contributed by atoms with Crippen molar-refractivity contribution in [1.29, 1.82) is 0 Å². The van der Waals surface area contributed by atoms with Crippen LogP contribution in [0.3, 0.4) is 0 Å². The normalized spacial score (nSPS) is 10.1. The monoisotopic (exact) mass is 244 g/mol. The number of carbonyl (C=O) groups excluding carboxylic acids is 1. The van der Waals surface area contributed by atoms with Gasteiger partial charge in [0.2, 0.25) is 0 Å². The van der Waals surface area contributed by atoms with Gasteiger partial charge in [0, 0.05) is 37.5 Å². The summed E-state index contributed by atoms with van der Waals surface area (Å²) in [6.07, 6.45) is 3.34. The van der Waals surface area contributed by atoms with Crippen molar-refractivity contribution in [3.8, 4) is 0 Å². The standard InChI is InChI=1S/C14H16N2O2/c1-16(2)14(17)12-4-3-5-13(8-12)15-9-11-6-7-18-10-11/h3-8,10,15H,9H2,1-2H3. The Morgan fingerprint density at radius 2 is 2.17 bits per heavy atom. The van der Waals surface area contributed by atoms with E-state index in [9.17, 15) is 4.79 Å². The smallest absolute Gasteiger partial charge is 0.253 e. The molecule has 94 valence electrons. The van der Waals surface area contributed by atoms with Crippen LogP contribution in [-0.4, -0.2) is 24.9 Å². The highest BCUT2D eigenvalue weighted by Gasteiger charge is 2.07. The summed E-state index contributed by atoms with van der Waals surface area (Å²) in [6, 6.07) is 9.37. The van der Waals surface area contributed by atoms with Gasteiger partial charge >= 0.3 is 0 Å². The van der Waals surface area contributed by atoms with Crippen LogP contribution in [0.5, 0.6) is 0 Å². The van der Waals surface area contributed by atoms with Crippen LogP contribution in [0.4, 0.5) is 5.69 Å². The van der Waals surface area contributed by atoms with Crippen molar-refractivity contribution in [2.75, 3.05) is 19.4 Å². The molecule has 0 bridgehead atoms. The van der Waals surface area contributed by atoms with E-state index >= 15 is 0 Å². The lowest BCUT2D eigenvalue weighted by atomic mass is 10.2. The number of hydrogen-bond acceptors (Lipinski definition) is 3. The Hall–Kier alpha value is -2.23. The van der Waals surface area contributed by atoms with E-state index in [0.29, 0.717) is 12.1 Å². The zero-order chi connectivity index (χ0) is 13.0. The van der Waals surface area contributed by atoms with Crippen molar-refractivity contribution >= 4 is 11.6 Å². The van der Waals surface area contributed by atoms with Crippen molar-refractivity contribution in [1.82, 2.24) is 4.90 Å². The second kappa shape index (κ2) is 5.40. The Labute approximate surface area is 106 Å². The minimum Gasteiger partial charge on any atom is -0.472 e. The molecule has 1 aromatic carbocycles. The summed E-state index contributed by atoms with van der Waals surface area (Å²) in [5.41, 5.74) is 2.67. The molecule has 1 aromatic heterocycles. The highest BCUT2D eigenvalue weighted by atomic mass is 16.3. The third-order valence-corrected chi connectivity index (χ3v) is 2.59. The number of nitrogens with zero attached hydrogens (tertiary/aromatic N) is 1. The summed E-state index contributed by atoms with van der Waals surface area (Å²) >= 11 is 0. The van der Waals surface area contributed by atoms with Gasteiger partial charge < -0.3 is 14.6 Å². The van der Waals surface area contributed by atoms with E-state index in [0.717, 1.165) is 11.3 Å². The molecular formula is C14H16N2O2. The number of amides is 1.